The lowest BCUT2D eigenvalue weighted by Crippen LogP contribution is -2.40. The first-order valence-electron chi connectivity index (χ1n) is 10.8. The Morgan fingerprint density at radius 1 is 0.971 bits per heavy atom. The normalized spacial score (nSPS) is 14.6. The van der Waals surface area contributed by atoms with Gasteiger partial charge in [-0.3, -0.25) is 4.79 Å². The largest absolute Gasteiger partial charge is 0.482 e. The van der Waals surface area contributed by atoms with Crippen molar-refractivity contribution in [3.63, 3.8) is 0 Å². The van der Waals surface area contributed by atoms with E-state index in [4.69, 9.17) is 21.1 Å². The summed E-state index contributed by atoms with van der Waals surface area (Å²) in [4.78, 5) is 12.8. The molecule has 1 fully saturated rings. The van der Waals surface area contributed by atoms with Crippen molar-refractivity contribution in [3.05, 3.63) is 95.0 Å². The number of benzene rings is 3. The maximum absolute atomic E-state index is 13.2. The molecule has 0 bridgehead atoms. The predicted molar refractivity (Wildman–Crippen MR) is 129 cm³/mol. The summed E-state index contributed by atoms with van der Waals surface area (Å²) in [5.74, 6) is -0.315. The Kier molecular flexibility index (Phi) is 7.84. The molecule has 9 heteroatoms. The van der Waals surface area contributed by atoms with Gasteiger partial charge in [-0.05, 0) is 29.3 Å². The van der Waals surface area contributed by atoms with E-state index in [9.17, 15) is 13.2 Å². The predicted octanol–water partition coefficient (Wildman–Crippen LogP) is 3.65. The van der Waals surface area contributed by atoms with E-state index in [1.807, 2.05) is 60.7 Å². The molecule has 3 aromatic carbocycles. The Morgan fingerprint density at radius 3 is 2.15 bits per heavy atom. The van der Waals surface area contributed by atoms with Crippen LogP contribution in [0.4, 0.5) is 0 Å². The van der Waals surface area contributed by atoms with Gasteiger partial charge in [0.25, 0.3) is 5.91 Å². The first-order valence-corrected chi connectivity index (χ1v) is 12.7. The molecule has 0 atom stereocenters. The number of morpholine rings is 1. The van der Waals surface area contributed by atoms with E-state index in [-0.39, 0.29) is 47.3 Å². The third kappa shape index (κ3) is 5.77. The lowest BCUT2D eigenvalue weighted by Gasteiger charge is -2.27. The fraction of sp³-hybridized carbons (Fsp3) is 0.240. The average Bonchev–Trinajstić information content (AvgIpc) is 2.88. The van der Waals surface area contributed by atoms with Crippen molar-refractivity contribution in [2.24, 2.45) is 0 Å². The average molecular weight is 501 g/mol. The number of carbonyl (C=O) groups excluding carboxylic acids is 1. The van der Waals surface area contributed by atoms with E-state index in [2.05, 4.69) is 5.32 Å². The van der Waals surface area contributed by atoms with Crippen molar-refractivity contribution >= 4 is 27.5 Å². The number of hydrogen-bond acceptors (Lipinski definition) is 5. The van der Waals surface area contributed by atoms with Crippen LogP contribution in [-0.4, -0.2) is 51.5 Å². The summed E-state index contributed by atoms with van der Waals surface area (Å²) in [5, 5.41) is 3.25. The van der Waals surface area contributed by atoms with Gasteiger partial charge in [-0.2, -0.15) is 4.31 Å². The van der Waals surface area contributed by atoms with Crippen LogP contribution >= 0.6 is 11.6 Å². The van der Waals surface area contributed by atoms with Crippen LogP contribution in [0.1, 0.15) is 17.2 Å². The molecular formula is C25H25ClN2O5S. The monoisotopic (exact) mass is 500 g/mol. The number of carbonyl (C=O) groups is 1. The van der Waals surface area contributed by atoms with Gasteiger partial charge in [0.2, 0.25) is 10.0 Å². The van der Waals surface area contributed by atoms with E-state index in [0.717, 1.165) is 11.1 Å². The third-order valence-corrected chi connectivity index (χ3v) is 7.58. The molecule has 0 saturated carbocycles. The van der Waals surface area contributed by atoms with E-state index >= 15 is 0 Å². The highest BCUT2D eigenvalue weighted by Crippen LogP contribution is 2.30. The van der Waals surface area contributed by atoms with Gasteiger partial charge in [0.15, 0.2) is 6.61 Å². The summed E-state index contributed by atoms with van der Waals surface area (Å²) in [7, 11) is -3.86. The molecule has 0 unspecified atom stereocenters. The molecule has 1 heterocycles. The minimum atomic E-state index is -3.86. The summed E-state index contributed by atoms with van der Waals surface area (Å²) in [6.45, 7) is 0.760. The zero-order chi connectivity index (χ0) is 24.0. The summed E-state index contributed by atoms with van der Waals surface area (Å²) >= 11 is 6.09. The second-order valence-corrected chi connectivity index (χ2v) is 10.1. The summed E-state index contributed by atoms with van der Waals surface area (Å²) in [6.07, 6.45) is 0. The molecular weight excluding hydrogens is 476 g/mol. The van der Waals surface area contributed by atoms with Crippen molar-refractivity contribution in [1.82, 2.24) is 9.62 Å². The highest BCUT2D eigenvalue weighted by Gasteiger charge is 2.30. The SMILES string of the molecule is O=C(COc1ccc(Cl)cc1S(=O)(=O)N1CCOCC1)NC(c1ccccc1)c1ccccc1. The van der Waals surface area contributed by atoms with Gasteiger partial charge in [0.1, 0.15) is 10.6 Å². The lowest BCUT2D eigenvalue weighted by atomic mass is 9.99. The topological polar surface area (TPSA) is 84.9 Å². The van der Waals surface area contributed by atoms with Crippen LogP contribution in [-0.2, 0) is 19.6 Å². The number of halogens is 1. The first kappa shape index (κ1) is 24.2. The number of nitrogens with one attached hydrogen (secondary N) is 1. The first-order chi connectivity index (χ1) is 16.4. The van der Waals surface area contributed by atoms with Crippen molar-refractivity contribution < 1.29 is 22.7 Å². The number of amides is 1. The van der Waals surface area contributed by atoms with Crippen LogP contribution in [0.2, 0.25) is 5.02 Å². The number of ether oxygens (including phenoxy) is 2. The van der Waals surface area contributed by atoms with E-state index < -0.39 is 10.0 Å². The minimum absolute atomic E-state index is 0.0713. The molecule has 3 aromatic rings. The molecule has 7 nitrogen and oxygen atoms in total. The van der Waals surface area contributed by atoms with Crippen LogP contribution in [0.25, 0.3) is 0 Å². The Hall–Kier alpha value is -2.91. The van der Waals surface area contributed by atoms with Crippen LogP contribution in [0, 0.1) is 0 Å². The summed E-state index contributed by atoms with van der Waals surface area (Å²) < 4.78 is 38.7. The summed E-state index contributed by atoms with van der Waals surface area (Å²) in [5.41, 5.74) is 1.84. The van der Waals surface area contributed by atoms with Gasteiger partial charge in [-0.15, -0.1) is 0 Å². The third-order valence-electron chi connectivity index (χ3n) is 5.42. The van der Waals surface area contributed by atoms with Crippen molar-refractivity contribution in [2.45, 2.75) is 10.9 Å². The van der Waals surface area contributed by atoms with Gasteiger partial charge in [0, 0.05) is 18.1 Å². The highest BCUT2D eigenvalue weighted by atomic mass is 35.5. The number of rotatable bonds is 8. The van der Waals surface area contributed by atoms with Crippen LogP contribution in [0.3, 0.4) is 0 Å². The van der Waals surface area contributed by atoms with Gasteiger partial charge in [-0.1, -0.05) is 72.3 Å². The van der Waals surface area contributed by atoms with Crippen molar-refractivity contribution in [2.75, 3.05) is 32.9 Å². The highest BCUT2D eigenvalue weighted by molar-refractivity contribution is 7.89. The molecule has 0 radical (unpaired) electrons. The molecule has 1 saturated heterocycles. The Morgan fingerprint density at radius 2 is 1.56 bits per heavy atom. The molecule has 1 N–H and O–H groups in total. The molecule has 1 amide bonds. The maximum atomic E-state index is 13.2. The number of hydrogen-bond donors (Lipinski definition) is 1. The Balaban J connectivity index is 1.51. The van der Waals surface area contributed by atoms with Gasteiger partial charge < -0.3 is 14.8 Å². The molecule has 178 valence electrons. The Bertz CT molecular complexity index is 1180. The van der Waals surface area contributed by atoms with E-state index in [1.165, 1.54) is 22.5 Å². The van der Waals surface area contributed by atoms with Crippen molar-refractivity contribution in [1.29, 1.82) is 0 Å². The fourth-order valence-corrected chi connectivity index (χ4v) is 5.53. The molecule has 4 rings (SSSR count). The zero-order valence-corrected chi connectivity index (χ0v) is 20.0. The summed E-state index contributed by atoms with van der Waals surface area (Å²) in [6, 6.07) is 23.2. The molecule has 1 aliphatic rings. The van der Waals surface area contributed by atoms with Crippen LogP contribution < -0.4 is 10.1 Å². The van der Waals surface area contributed by atoms with Gasteiger partial charge >= 0.3 is 0 Å². The van der Waals surface area contributed by atoms with Crippen LogP contribution in [0.5, 0.6) is 5.75 Å². The molecule has 0 aliphatic carbocycles. The number of sulfonamides is 1. The quantitative estimate of drug-likeness (QED) is 0.510. The lowest BCUT2D eigenvalue weighted by molar-refractivity contribution is -0.123. The second kappa shape index (κ2) is 11.0. The Labute approximate surface area is 204 Å². The van der Waals surface area contributed by atoms with E-state index in [0.29, 0.717) is 13.2 Å². The smallest absolute Gasteiger partial charge is 0.258 e. The number of nitrogens with zero attached hydrogens (tertiary/aromatic N) is 1. The molecule has 0 spiro atoms. The van der Waals surface area contributed by atoms with Gasteiger partial charge in [0.05, 0.1) is 19.3 Å². The maximum Gasteiger partial charge on any atom is 0.258 e. The van der Waals surface area contributed by atoms with E-state index in [1.54, 1.807) is 0 Å². The molecule has 34 heavy (non-hydrogen) atoms. The van der Waals surface area contributed by atoms with Gasteiger partial charge in [-0.25, -0.2) is 8.42 Å². The fourth-order valence-electron chi connectivity index (χ4n) is 3.72. The molecule has 0 aromatic heterocycles. The second-order valence-electron chi connectivity index (χ2n) is 7.72. The zero-order valence-electron chi connectivity index (χ0n) is 18.4. The standard InChI is InChI=1S/C25H25ClN2O5S/c26-21-11-12-22(23(17-21)34(30,31)28-13-15-32-16-14-28)33-18-24(29)27-25(19-7-3-1-4-8-19)20-9-5-2-6-10-20/h1-12,17,25H,13-16,18H2,(H,27,29). The minimum Gasteiger partial charge on any atom is -0.482 e. The van der Waals surface area contributed by atoms with Crippen LogP contribution in [0.15, 0.2) is 83.8 Å². The molecule has 1 aliphatic heterocycles. The van der Waals surface area contributed by atoms with Crippen molar-refractivity contribution in [3.8, 4) is 5.75 Å².